The number of nitrogens with zero attached hydrogens (tertiary/aromatic N) is 2. The molecule has 0 aliphatic rings. The Bertz CT molecular complexity index is 1050. The van der Waals surface area contributed by atoms with E-state index in [2.05, 4.69) is 22.2 Å². The minimum atomic E-state index is -0.105. The number of amides is 1. The van der Waals surface area contributed by atoms with E-state index < -0.39 is 0 Å². The van der Waals surface area contributed by atoms with Crippen molar-refractivity contribution in [3.63, 3.8) is 0 Å². The van der Waals surface area contributed by atoms with Crippen molar-refractivity contribution in [1.29, 1.82) is 0 Å². The topological polar surface area (TPSA) is 68.0 Å². The van der Waals surface area contributed by atoms with Gasteiger partial charge in [-0.25, -0.2) is 4.98 Å². The van der Waals surface area contributed by atoms with Gasteiger partial charge in [0.25, 0.3) is 5.91 Å². The van der Waals surface area contributed by atoms with Crippen LogP contribution < -0.4 is 5.32 Å². The Morgan fingerprint density at radius 2 is 2.12 bits per heavy atom. The van der Waals surface area contributed by atoms with E-state index in [1.165, 1.54) is 0 Å². The Morgan fingerprint density at radius 3 is 2.92 bits per heavy atom. The highest BCUT2D eigenvalue weighted by atomic mass is 32.1. The third kappa shape index (κ3) is 3.36. The molecule has 1 amide bonds. The van der Waals surface area contributed by atoms with E-state index in [9.17, 15) is 4.79 Å². The van der Waals surface area contributed by atoms with E-state index in [-0.39, 0.29) is 5.91 Å². The van der Waals surface area contributed by atoms with E-state index in [0.29, 0.717) is 12.1 Å². The van der Waals surface area contributed by atoms with Crippen molar-refractivity contribution >= 4 is 27.5 Å². The Morgan fingerprint density at radius 1 is 1.19 bits per heavy atom. The second-order valence-corrected chi connectivity index (χ2v) is 7.04. The molecular weight excluding hydrogens is 346 g/mol. The number of hydrogen-bond donors (Lipinski definition) is 1. The van der Waals surface area contributed by atoms with E-state index in [0.717, 1.165) is 38.3 Å². The predicted octanol–water partition coefficient (Wildman–Crippen LogP) is 4.44. The lowest BCUT2D eigenvalue weighted by atomic mass is 10.1. The summed E-state index contributed by atoms with van der Waals surface area (Å²) >= 11 is 1.63. The van der Waals surface area contributed by atoms with E-state index in [1.54, 1.807) is 36.3 Å². The summed E-state index contributed by atoms with van der Waals surface area (Å²) in [5, 5.41) is 4.04. The number of pyridine rings is 1. The monoisotopic (exact) mass is 363 g/mol. The maximum absolute atomic E-state index is 12.5. The molecule has 5 nitrogen and oxygen atoms in total. The van der Waals surface area contributed by atoms with Crippen LogP contribution in [-0.2, 0) is 13.0 Å². The van der Waals surface area contributed by atoms with Gasteiger partial charge in [-0.2, -0.15) is 0 Å². The van der Waals surface area contributed by atoms with Crippen LogP contribution in [0.15, 0.2) is 59.7 Å². The van der Waals surface area contributed by atoms with Gasteiger partial charge in [0.05, 0.1) is 27.8 Å². The number of carbonyl (C=O) groups is 1. The lowest BCUT2D eigenvalue weighted by Crippen LogP contribution is -2.22. The largest absolute Gasteiger partial charge is 0.472 e. The van der Waals surface area contributed by atoms with Crippen molar-refractivity contribution in [3.8, 4) is 11.1 Å². The molecule has 0 saturated carbocycles. The maximum Gasteiger partial charge on any atom is 0.251 e. The van der Waals surface area contributed by atoms with Crippen LogP contribution in [0.5, 0.6) is 0 Å². The molecule has 6 heteroatoms. The molecule has 0 aliphatic carbocycles. The number of carbonyl (C=O) groups excluding carboxylic acids is 1. The molecule has 0 radical (unpaired) electrons. The van der Waals surface area contributed by atoms with Gasteiger partial charge >= 0.3 is 0 Å². The molecule has 1 N–H and O–H groups in total. The van der Waals surface area contributed by atoms with Gasteiger partial charge in [-0.1, -0.05) is 6.92 Å². The zero-order chi connectivity index (χ0) is 17.9. The number of hydrogen-bond acceptors (Lipinski definition) is 5. The molecule has 3 aromatic heterocycles. The highest BCUT2D eigenvalue weighted by Gasteiger charge is 2.10. The molecule has 3 heterocycles. The molecule has 0 fully saturated rings. The summed E-state index contributed by atoms with van der Waals surface area (Å²) < 4.78 is 6.15. The molecule has 0 unspecified atom stereocenters. The van der Waals surface area contributed by atoms with Crippen LogP contribution in [0.1, 0.15) is 27.9 Å². The van der Waals surface area contributed by atoms with Crippen molar-refractivity contribution in [2.75, 3.05) is 0 Å². The second-order valence-electron chi connectivity index (χ2n) is 5.92. The number of aromatic nitrogens is 2. The SMILES string of the molecule is CCc1nc2ccc(C(=O)NCc3cncc(-c4ccoc4)c3)cc2s1. The van der Waals surface area contributed by atoms with Crippen molar-refractivity contribution in [2.45, 2.75) is 19.9 Å². The first kappa shape index (κ1) is 16.5. The molecule has 0 spiro atoms. The molecule has 0 aliphatic heterocycles. The maximum atomic E-state index is 12.5. The molecular formula is C20H17N3O2S. The molecule has 130 valence electrons. The van der Waals surface area contributed by atoms with Gasteiger partial charge in [0, 0.05) is 35.6 Å². The van der Waals surface area contributed by atoms with Crippen LogP contribution in [0.3, 0.4) is 0 Å². The van der Waals surface area contributed by atoms with Crippen LogP contribution in [0, 0.1) is 0 Å². The fourth-order valence-corrected chi connectivity index (χ4v) is 3.67. The summed E-state index contributed by atoms with van der Waals surface area (Å²) in [7, 11) is 0. The highest BCUT2D eigenvalue weighted by molar-refractivity contribution is 7.18. The number of aryl methyl sites for hydroxylation is 1. The summed E-state index contributed by atoms with van der Waals surface area (Å²) in [5.41, 5.74) is 4.45. The molecule has 4 aromatic rings. The van der Waals surface area contributed by atoms with E-state index in [1.807, 2.05) is 30.3 Å². The van der Waals surface area contributed by atoms with Crippen LogP contribution >= 0.6 is 11.3 Å². The number of nitrogens with one attached hydrogen (secondary N) is 1. The predicted molar refractivity (Wildman–Crippen MR) is 102 cm³/mol. The quantitative estimate of drug-likeness (QED) is 0.569. The number of furan rings is 1. The van der Waals surface area contributed by atoms with Crippen LogP contribution in [0.25, 0.3) is 21.3 Å². The van der Waals surface area contributed by atoms with Crippen LogP contribution in [0.4, 0.5) is 0 Å². The van der Waals surface area contributed by atoms with Crippen molar-refractivity contribution in [2.24, 2.45) is 0 Å². The average Bonchev–Trinajstić information content (AvgIpc) is 3.35. The molecule has 0 saturated heterocycles. The van der Waals surface area contributed by atoms with E-state index in [4.69, 9.17) is 4.42 Å². The molecule has 4 rings (SSSR count). The highest BCUT2D eigenvalue weighted by Crippen LogP contribution is 2.24. The summed E-state index contributed by atoms with van der Waals surface area (Å²) in [5.74, 6) is -0.105. The van der Waals surface area contributed by atoms with Gasteiger partial charge in [-0.3, -0.25) is 9.78 Å². The summed E-state index contributed by atoms with van der Waals surface area (Å²) in [6.45, 7) is 2.50. The lowest BCUT2D eigenvalue weighted by Gasteiger charge is -2.06. The number of thiazole rings is 1. The Hall–Kier alpha value is -2.99. The molecule has 0 bridgehead atoms. The summed E-state index contributed by atoms with van der Waals surface area (Å²) in [6.07, 6.45) is 7.74. The fourth-order valence-electron chi connectivity index (χ4n) is 2.72. The first-order valence-corrected chi connectivity index (χ1v) is 9.19. The summed E-state index contributed by atoms with van der Waals surface area (Å²) in [6, 6.07) is 9.51. The van der Waals surface area contributed by atoms with Crippen LogP contribution in [0.2, 0.25) is 0 Å². The number of fused-ring (bicyclic) bond motifs is 1. The van der Waals surface area contributed by atoms with Gasteiger partial charge in [-0.15, -0.1) is 11.3 Å². The Kier molecular flexibility index (Phi) is 4.50. The van der Waals surface area contributed by atoms with Gasteiger partial charge in [0.2, 0.25) is 0 Å². The molecule has 26 heavy (non-hydrogen) atoms. The standard InChI is InChI=1S/C20H17N3O2S/c1-2-19-23-17-4-3-14(8-18(17)26-19)20(24)22-10-13-7-16(11-21-9-13)15-5-6-25-12-15/h3-9,11-12H,2,10H2,1H3,(H,22,24). The van der Waals surface area contributed by atoms with Crippen molar-refractivity contribution in [3.05, 3.63) is 71.4 Å². The van der Waals surface area contributed by atoms with Gasteiger partial charge in [0.15, 0.2) is 0 Å². The van der Waals surface area contributed by atoms with Crippen molar-refractivity contribution < 1.29 is 9.21 Å². The zero-order valence-corrected chi connectivity index (χ0v) is 15.0. The third-order valence-corrected chi connectivity index (χ3v) is 5.26. The zero-order valence-electron chi connectivity index (χ0n) is 14.2. The number of rotatable bonds is 5. The Balaban J connectivity index is 1.48. The smallest absolute Gasteiger partial charge is 0.251 e. The fraction of sp³-hybridized carbons (Fsp3) is 0.150. The van der Waals surface area contributed by atoms with Crippen LogP contribution in [-0.4, -0.2) is 15.9 Å². The third-order valence-electron chi connectivity index (χ3n) is 4.10. The minimum Gasteiger partial charge on any atom is -0.472 e. The first-order chi connectivity index (χ1) is 12.7. The lowest BCUT2D eigenvalue weighted by molar-refractivity contribution is 0.0951. The van der Waals surface area contributed by atoms with Gasteiger partial charge in [-0.05, 0) is 42.3 Å². The second kappa shape index (κ2) is 7.09. The molecule has 1 aromatic carbocycles. The normalized spacial score (nSPS) is 11.0. The van der Waals surface area contributed by atoms with Crippen molar-refractivity contribution in [1.82, 2.24) is 15.3 Å². The summed E-state index contributed by atoms with van der Waals surface area (Å²) in [4.78, 5) is 21.3. The average molecular weight is 363 g/mol. The van der Waals surface area contributed by atoms with Gasteiger partial charge in [0.1, 0.15) is 0 Å². The minimum absolute atomic E-state index is 0.105. The van der Waals surface area contributed by atoms with Gasteiger partial charge < -0.3 is 9.73 Å². The van der Waals surface area contributed by atoms with E-state index >= 15 is 0 Å². The Labute approximate surface area is 154 Å². The molecule has 0 atom stereocenters. The number of benzene rings is 1. The first-order valence-electron chi connectivity index (χ1n) is 8.37.